The zero-order valence-corrected chi connectivity index (χ0v) is 14.0. The number of hydrogen-bond acceptors (Lipinski definition) is 5. The average molecular weight is 339 g/mol. The number of ether oxygens (including phenoxy) is 2. The Morgan fingerprint density at radius 2 is 2.00 bits per heavy atom. The Kier molecular flexibility index (Phi) is 4.61. The Morgan fingerprint density at radius 1 is 1.16 bits per heavy atom. The molecule has 1 aliphatic heterocycles. The van der Waals surface area contributed by atoms with Crippen molar-refractivity contribution in [1.29, 1.82) is 0 Å². The molecule has 0 aromatic carbocycles. The molecule has 130 valence electrons. The minimum absolute atomic E-state index is 0.00908. The first-order chi connectivity index (χ1) is 12.3. The van der Waals surface area contributed by atoms with Crippen LogP contribution >= 0.6 is 0 Å². The summed E-state index contributed by atoms with van der Waals surface area (Å²) in [6.45, 7) is 1.79. The van der Waals surface area contributed by atoms with Crippen molar-refractivity contribution < 1.29 is 14.3 Å². The molecular weight excluding hydrogens is 318 g/mol. The van der Waals surface area contributed by atoms with E-state index < -0.39 is 0 Å². The number of hydrogen-bond donors (Lipinski definition) is 0. The van der Waals surface area contributed by atoms with E-state index in [-0.39, 0.29) is 18.1 Å². The summed E-state index contributed by atoms with van der Waals surface area (Å²) in [5, 5.41) is 0. The van der Waals surface area contributed by atoms with Crippen LogP contribution in [0.1, 0.15) is 23.3 Å². The van der Waals surface area contributed by atoms with Gasteiger partial charge >= 0.3 is 0 Å². The number of amides is 1. The van der Waals surface area contributed by atoms with Crippen molar-refractivity contribution >= 4 is 5.91 Å². The Morgan fingerprint density at radius 3 is 2.76 bits per heavy atom. The Balaban J connectivity index is 1.41. The molecule has 0 radical (unpaired) electrons. The Bertz CT molecular complexity index is 710. The number of nitrogens with zero attached hydrogens (tertiary/aromatic N) is 3. The van der Waals surface area contributed by atoms with E-state index in [1.807, 2.05) is 35.2 Å². The normalized spacial score (nSPS) is 25.4. The molecule has 0 unspecified atom stereocenters. The third-order valence-electron chi connectivity index (χ3n) is 4.88. The second-order valence-electron chi connectivity index (χ2n) is 6.51. The van der Waals surface area contributed by atoms with E-state index in [4.69, 9.17) is 9.47 Å². The quantitative estimate of drug-likeness (QED) is 0.854. The molecule has 6 nitrogen and oxygen atoms in total. The van der Waals surface area contributed by atoms with Gasteiger partial charge in [-0.3, -0.25) is 9.78 Å². The molecule has 1 aliphatic carbocycles. The molecule has 0 spiro atoms. The van der Waals surface area contributed by atoms with Crippen molar-refractivity contribution in [2.75, 3.05) is 19.8 Å². The second kappa shape index (κ2) is 7.19. The zero-order valence-electron chi connectivity index (χ0n) is 14.0. The zero-order chi connectivity index (χ0) is 17.1. The first-order valence-corrected chi connectivity index (χ1v) is 8.68. The summed E-state index contributed by atoms with van der Waals surface area (Å²) in [5.41, 5.74) is 0.497. The van der Waals surface area contributed by atoms with Gasteiger partial charge in [-0.15, -0.1) is 0 Å². The van der Waals surface area contributed by atoms with Crippen molar-refractivity contribution in [3.63, 3.8) is 0 Å². The molecule has 1 saturated carbocycles. The molecule has 0 bridgehead atoms. The van der Waals surface area contributed by atoms with Crippen LogP contribution in [0.5, 0.6) is 5.88 Å². The highest BCUT2D eigenvalue weighted by atomic mass is 16.5. The molecule has 2 aliphatic rings. The van der Waals surface area contributed by atoms with Gasteiger partial charge in [0, 0.05) is 25.0 Å². The lowest BCUT2D eigenvalue weighted by Gasteiger charge is -2.37. The van der Waals surface area contributed by atoms with Gasteiger partial charge in [0.25, 0.3) is 5.91 Å². The van der Waals surface area contributed by atoms with Gasteiger partial charge in [0.15, 0.2) is 0 Å². The lowest BCUT2D eigenvalue weighted by molar-refractivity contribution is -0.0450. The third kappa shape index (κ3) is 3.49. The van der Waals surface area contributed by atoms with Crippen molar-refractivity contribution in [3.8, 4) is 5.88 Å². The number of rotatable bonds is 4. The molecule has 25 heavy (non-hydrogen) atoms. The van der Waals surface area contributed by atoms with E-state index in [0.717, 1.165) is 12.8 Å². The summed E-state index contributed by atoms with van der Waals surface area (Å²) < 4.78 is 11.7. The predicted molar refractivity (Wildman–Crippen MR) is 91.3 cm³/mol. The van der Waals surface area contributed by atoms with Crippen LogP contribution in [-0.2, 0) is 4.74 Å². The van der Waals surface area contributed by atoms with Crippen LogP contribution < -0.4 is 4.74 Å². The maximum Gasteiger partial charge on any atom is 0.272 e. The van der Waals surface area contributed by atoms with Gasteiger partial charge < -0.3 is 14.4 Å². The number of fused-ring (bicyclic) bond motifs is 1. The van der Waals surface area contributed by atoms with Crippen LogP contribution in [0, 0.1) is 5.92 Å². The molecule has 1 saturated heterocycles. The predicted octanol–water partition coefficient (Wildman–Crippen LogP) is 2.18. The van der Waals surface area contributed by atoms with Gasteiger partial charge in [-0.1, -0.05) is 12.1 Å². The van der Waals surface area contributed by atoms with E-state index in [1.54, 1.807) is 18.5 Å². The van der Waals surface area contributed by atoms with Crippen molar-refractivity contribution in [1.82, 2.24) is 14.9 Å². The molecule has 1 amide bonds. The molecule has 4 rings (SSSR count). The van der Waals surface area contributed by atoms with Crippen molar-refractivity contribution in [2.24, 2.45) is 5.92 Å². The summed E-state index contributed by atoms with van der Waals surface area (Å²) in [4.78, 5) is 23.1. The first kappa shape index (κ1) is 16.0. The second-order valence-corrected chi connectivity index (χ2v) is 6.51. The van der Waals surface area contributed by atoms with Gasteiger partial charge in [0.05, 0.1) is 25.4 Å². The molecule has 3 heterocycles. The van der Waals surface area contributed by atoms with Gasteiger partial charge in [-0.05, 0) is 37.0 Å². The number of morpholine rings is 1. The largest absolute Gasteiger partial charge is 0.477 e. The van der Waals surface area contributed by atoms with Crippen LogP contribution in [0.25, 0.3) is 0 Å². The monoisotopic (exact) mass is 339 g/mol. The van der Waals surface area contributed by atoms with Crippen LogP contribution in [0.3, 0.4) is 0 Å². The van der Waals surface area contributed by atoms with Gasteiger partial charge in [-0.25, -0.2) is 4.98 Å². The number of carbonyl (C=O) groups is 1. The fourth-order valence-electron chi connectivity index (χ4n) is 3.71. The van der Waals surface area contributed by atoms with E-state index in [1.165, 1.54) is 0 Å². The summed E-state index contributed by atoms with van der Waals surface area (Å²) in [6, 6.07) is 11.2. The van der Waals surface area contributed by atoms with E-state index in [2.05, 4.69) is 9.97 Å². The average Bonchev–Trinajstić information content (AvgIpc) is 3.10. The molecule has 2 aromatic rings. The van der Waals surface area contributed by atoms with Crippen molar-refractivity contribution in [3.05, 3.63) is 54.5 Å². The Labute approximate surface area is 146 Å². The van der Waals surface area contributed by atoms with Crippen LogP contribution in [0.4, 0.5) is 0 Å². The molecule has 3 atom stereocenters. The fraction of sp³-hybridized carbons (Fsp3) is 0.421. The van der Waals surface area contributed by atoms with Gasteiger partial charge in [-0.2, -0.15) is 0 Å². The Hall–Kier alpha value is -2.47. The highest BCUT2D eigenvalue weighted by Gasteiger charge is 2.43. The van der Waals surface area contributed by atoms with E-state index >= 15 is 0 Å². The summed E-state index contributed by atoms with van der Waals surface area (Å²) in [7, 11) is 0. The van der Waals surface area contributed by atoms with E-state index in [0.29, 0.717) is 37.3 Å². The minimum Gasteiger partial charge on any atom is -0.477 e. The maximum atomic E-state index is 12.8. The van der Waals surface area contributed by atoms with Crippen LogP contribution in [0.2, 0.25) is 0 Å². The number of aromatic nitrogens is 2. The minimum atomic E-state index is -0.00908. The molecule has 2 aromatic heterocycles. The smallest absolute Gasteiger partial charge is 0.272 e. The lowest BCUT2D eigenvalue weighted by atomic mass is 10.1. The van der Waals surface area contributed by atoms with Gasteiger partial charge in [0.2, 0.25) is 5.88 Å². The third-order valence-corrected chi connectivity index (χ3v) is 4.88. The summed E-state index contributed by atoms with van der Waals surface area (Å²) >= 11 is 0. The summed E-state index contributed by atoms with van der Waals surface area (Å²) in [6.07, 6.45) is 5.25. The fourth-order valence-corrected chi connectivity index (χ4v) is 3.71. The first-order valence-electron chi connectivity index (χ1n) is 8.68. The lowest BCUT2D eigenvalue weighted by Crippen LogP contribution is -2.51. The van der Waals surface area contributed by atoms with Crippen LogP contribution in [0.15, 0.2) is 48.8 Å². The maximum absolute atomic E-state index is 12.8. The molecular formula is C19H21N3O3. The topological polar surface area (TPSA) is 64.6 Å². The summed E-state index contributed by atoms with van der Waals surface area (Å²) in [5.74, 6) is 0.985. The molecule has 2 fully saturated rings. The SMILES string of the molecule is O=C(c1ccccn1)N1CCO[C@@H]2C[C@H](COc3ccccn3)C[C@H]21. The van der Waals surface area contributed by atoms with Crippen LogP contribution in [-0.4, -0.2) is 52.7 Å². The highest BCUT2D eigenvalue weighted by Crippen LogP contribution is 2.35. The molecule has 0 N–H and O–H groups in total. The number of carbonyl (C=O) groups excluding carboxylic acids is 1. The van der Waals surface area contributed by atoms with Crippen molar-refractivity contribution in [2.45, 2.75) is 25.0 Å². The standard InChI is InChI=1S/C19H21N3O3/c23-19(15-5-1-3-7-20-15)22-9-10-24-17-12-14(11-16(17)22)13-25-18-6-2-4-8-21-18/h1-8,14,16-17H,9-13H2/t14-,16-,17-/m1/s1. The van der Waals surface area contributed by atoms with Gasteiger partial charge in [0.1, 0.15) is 5.69 Å². The van der Waals surface area contributed by atoms with E-state index in [9.17, 15) is 4.79 Å². The highest BCUT2D eigenvalue weighted by molar-refractivity contribution is 5.92. The number of pyridine rings is 2. The molecule has 6 heteroatoms.